The van der Waals surface area contributed by atoms with Gasteiger partial charge in [-0.25, -0.2) is 4.99 Å². The van der Waals surface area contributed by atoms with Gasteiger partial charge >= 0.3 is 0 Å². The number of furan rings is 1. The molecule has 1 aromatic heterocycles. The van der Waals surface area contributed by atoms with Crippen molar-refractivity contribution >= 4 is 11.8 Å². The first-order valence-electron chi connectivity index (χ1n) is 2.99. The Morgan fingerprint density at radius 1 is 1.70 bits per heavy atom. The Morgan fingerprint density at radius 3 is 3.50 bits per heavy atom. The largest absolute Gasteiger partial charge is 0.448 e. The van der Waals surface area contributed by atoms with Gasteiger partial charge < -0.3 is 10.2 Å². The molecule has 1 aliphatic heterocycles. The van der Waals surface area contributed by atoms with E-state index in [1.807, 2.05) is 6.07 Å². The van der Waals surface area contributed by atoms with Crippen LogP contribution in [0, 0.1) is 0 Å². The van der Waals surface area contributed by atoms with Crippen molar-refractivity contribution in [2.24, 2.45) is 10.7 Å². The lowest BCUT2D eigenvalue weighted by atomic mass is 10.3. The molecule has 1 aromatic rings. The molecule has 0 bridgehead atoms. The molecule has 0 spiro atoms. The van der Waals surface area contributed by atoms with Crippen molar-refractivity contribution < 1.29 is 4.42 Å². The Morgan fingerprint density at radius 2 is 2.60 bits per heavy atom. The minimum Gasteiger partial charge on any atom is -0.448 e. The number of aliphatic imine (C=N–C) groups is 1. The third kappa shape index (κ3) is 0.655. The van der Waals surface area contributed by atoms with Gasteiger partial charge in [-0.3, -0.25) is 5.32 Å². The lowest BCUT2D eigenvalue weighted by molar-refractivity contribution is 0.582. The van der Waals surface area contributed by atoms with Gasteiger partial charge in [0, 0.05) is 5.56 Å². The molecule has 0 unspecified atom stereocenters. The molecule has 0 atom stereocenters. The highest BCUT2D eigenvalue weighted by atomic mass is 16.3. The summed E-state index contributed by atoms with van der Waals surface area (Å²) in [5.41, 5.74) is 6.44. The molecule has 0 aromatic carbocycles. The maximum Gasteiger partial charge on any atom is 0.204 e. The number of guanidine groups is 1. The summed E-state index contributed by atoms with van der Waals surface area (Å²) in [6.45, 7) is 0.616. The van der Waals surface area contributed by atoms with Gasteiger partial charge in [0.25, 0.3) is 0 Å². The fourth-order valence-electron chi connectivity index (χ4n) is 0.896. The van der Waals surface area contributed by atoms with E-state index in [9.17, 15) is 0 Å². The highest BCUT2D eigenvalue weighted by Crippen LogP contribution is 2.19. The number of anilines is 1. The van der Waals surface area contributed by atoms with Crippen LogP contribution in [-0.2, 0) is 6.54 Å². The first-order chi connectivity index (χ1) is 4.86. The Balaban J connectivity index is 2.39. The molecule has 3 N–H and O–H groups in total. The van der Waals surface area contributed by atoms with Gasteiger partial charge in [0.15, 0.2) is 5.96 Å². The molecule has 0 radical (unpaired) electrons. The van der Waals surface area contributed by atoms with Crippen LogP contribution >= 0.6 is 0 Å². The van der Waals surface area contributed by atoms with E-state index in [0.717, 1.165) is 5.56 Å². The second-order valence-electron chi connectivity index (χ2n) is 2.10. The number of hydrogen-bond acceptors (Lipinski definition) is 4. The van der Waals surface area contributed by atoms with Gasteiger partial charge in [0.1, 0.15) is 0 Å². The summed E-state index contributed by atoms with van der Waals surface area (Å²) in [4.78, 5) is 3.97. The van der Waals surface area contributed by atoms with Crippen molar-refractivity contribution in [1.82, 2.24) is 0 Å². The van der Waals surface area contributed by atoms with Crippen LogP contribution in [0.25, 0.3) is 0 Å². The van der Waals surface area contributed by atoms with Crippen LogP contribution in [0.15, 0.2) is 21.7 Å². The summed E-state index contributed by atoms with van der Waals surface area (Å²) in [6, 6.07) is 1.87. The van der Waals surface area contributed by atoms with Crippen LogP contribution in [0.1, 0.15) is 5.56 Å². The predicted octanol–water partition coefficient (Wildman–Crippen LogP) is 0.520. The van der Waals surface area contributed by atoms with Crippen LogP contribution in [0.4, 0.5) is 5.88 Å². The fourth-order valence-corrected chi connectivity index (χ4v) is 0.896. The van der Waals surface area contributed by atoms with E-state index >= 15 is 0 Å². The zero-order valence-electron chi connectivity index (χ0n) is 5.29. The van der Waals surface area contributed by atoms with E-state index in [-0.39, 0.29) is 0 Å². The van der Waals surface area contributed by atoms with Gasteiger partial charge in [-0.2, -0.15) is 0 Å². The van der Waals surface area contributed by atoms with E-state index in [1.54, 1.807) is 6.26 Å². The first kappa shape index (κ1) is 5.34. The SMILES string of the molecule is NC1=NCc2ccoc2N1. The zero-order chi connectivity index (χ0) is 6.97. The normalized spacial score (nSPS) is 15.4. The Hall–Kier alpha value is -1.45. The summed E-state index contributed by atoms with van der Waals surface area (Å²) in [5.74, 6) is 1.13. The molecule has 0 fully saturated rings. The molecule has 2 heterocycles. The molecular weight excluding hydrogens is 130 g/mol. The zero-order valence-corrected chi connectivity index (χ0v) is 5.29. The minimum atomic E-state index is 0.419. The van der Waals surface area contributed by atoms with E-state index in [4.69, 9.17) is 10.2 Å². The molecule has 0 amide bonds. The molecular formula is C6H7N3O. The summed E-state index contributed by atoms with van der Waals surface area (Å²) >= 11 is 0. The highest BCUT2D eigenvalue weighted by molar-refractivity contribution is 5.92. The summed E-state index contributed by atoms with van der Waals surface area (Å²) in [7, 11) is 0. The van der Waals surface area contributed by atoms with Crippen LogP contribution in [-0.4, -0.2) is 5.96 Å². The van der Waals surface area contributed by atoms with E-state index in [0.29, 0.717) is 18.4 Å². The van der Waals surface area contributed by atoms with Crippen molar-refractivity contribution in [3.63, 3.8) is 0 Å². The number of rotatable bonds is 0. The summed E-state index contributed by atoms with van der Waals surface area (Å²) in [6.07, 6.45) is 1.62. The maximum absolute atomic E-state index is 5.39. The lowest BCUT2D eigenvalue weighted by Crippen LogP contribution is -2.25. The topological polar surface area (TPSA) is 63.5 Å². The smallest absolute Gasteiger partial charge is 0.204 e. The highest BCUT2D eigenvalue weighted by Gasteiger charge is 2.10. The second kappa shape index (κ2) is 1.76. The average molecular weight is 137 g/mol. The van der Waals surface area contributed by atoms with Crippen molar-refractivity contribution in [2.45, 2.75) is 6.54 Å². The van der Waals surface area contributed by atoms with Gasteiger partial charge in [-0.05, 0) is 6.07 Å². The van der Waals surface area contributed by atoms with Crippen LogP contribution in [0.5, 0.6) is 0 Å². The molecule has 0 aliphatic carbocycles. The van der Waals surface area contributed by atoms with E-state index in [2.05, 4.69) is 10.3 Å². The molecule has 52 valence electrons. The molecule has 0 saturated heterocycles. The van der Waals surface area contributed by atoms with E-state index in [1.165, 1.54) is 0 Å². The lowest BCUT2D eigenvalue weighted by Gasteiger charge is -2.08. The molecule has 1 aliphatic rings. The Labute approximate surface area is 57.7 Å². The van der Waals surface area contributed by atoms with Crippen molar-refractivity contribution in [1.29, 1.82) is 0 Å². The van der Waals surface area contributed by atoms with Gasteiger partial charge in [-0.15, -0.1) is 0 Å². The first-order valence-corrected chi connectivity index (χ1v) is 2.99. The van der Waals surface area contributed by atoms with Crippen LogP contribution in [0.2, 0.25) is 0 Å². The fraction of sp³-hybridized carbons (Fsp3) is 0.167. The Bertz CT molecular complexity index is 276. The van der Waals surface area contributed by atoms with Crippen molar-refractivity contribution in [2.75, 3.05) is 5.32 Å². The van der Waals surface area contributed by atoms with Gasteiger partial charge in [0.2, 0.25) is 5.88 Å². The molecule has 0 saturated carbocycles. The number of fused-ring (bicyclic) bond motifs is 1. The number of nitrogens with one attached hydrogen (secondary N) is 1. The number of nitrogens with two attached hydrogens (primary N) is 1. The second-order valence-corrected chi connectivity index (χ2v) is 2.10. The van der Waals surface area contributed by atoms with Crippen LogP contribution in [0.3, 0.4) is 0 Å². The monoisotopic (exact) mass is 137 g/mol. The molecule has 10 heavy (non-hydrogen) atoms. The number of nitrogens with zero attached hydrogens (tertiary/aromatic N) is 1. The molecule has 2 rings (SSSR count). The van der Waals surface area contributed by atoms with Crippen LogP contribution < -0.4 is 11.1 Å². The summed E-state index contributed by atoms with van der Waals surface area (Å²) < 4.78 is 5.05. The maximum atomic E-state index is 5.39. The van der Waals surface area contributed by atoms with Gasteiger partial charge in [-0.1, -0.05) is 0 Å². The Kier molecular flexibility index (Phi) is 0.943. The standard InChI is InChI=1S/C6H7N3O/c7-6-8-3-4-1-2-10-5(4)9-6/h1-2H,3H2,(H3,7,8,9). The number of hydrogen-bond donors (Lipinski definition) is 2. The summed E-state index contributed by atoms with van der Waals surface area (Å²) in [5, 5.41) is 2.80. The third-order valence-electron chi connectivity index (χ3n) is 1.41. The van der Waals surface area contributed by atoms with E-state index < -0.39 is 0 Å². The minimum absolute atomic E-state index is 0.419. The third-order valence-corrected chi connectivity index (χ3v) is 1.41. The average Bonchev–Trinajstić information content (AvgIpc) is 2.33. The van der Waals surface area contributed by atoms with Crippen molar-refractivity contribution in [3.8, 4) is 0 Å². The predicted molar refractivity (Wildman–Crippen MR) is 37.7 cm³/mol. The van der Waals surface area contributed by atoms with Crippen molar-refractivity contribution in [3.05, 3.63) is 17.9 Å². The molecule has 4 nitrogen and oxygen atoms in total. The molecule has 4 heteroatoms. The van der Waals surface area contributed by atoms with Gasteiger partial charge in [0.05, 0.1) is 12.8 Å². The quantitative estimate of drug-likeness (QED) is 0.548.